The number of hydrogen-bond acceptors (Lipinski definition) is 6. The van der Waals surface area contributed by atoms with E-state index in [2.05, 4.69) is 15.4 Å². The number of anilines is 1. The fourth-order valence-corrected chi connectivity index (χ4v) is 5.79. The van der Waals surface area contributed by atoms with Crippen LogP contribution in [-0.4, -0.2) is 30.1 Å². The molecule has 0 saturated carbocycles. The molecule has 33 heavy (non-hydrogen) atoms. The van der Waals surface area contributed by atoms with Crippen molar-refractivity contribution < 1.29 is 4.79 Å². The van der Waals surface area contributed by atoms with Crippen LogP contribution < -0.4 is 11.0 Å². The van der Waals surface area contributed by atoms with Crippen LogP contribution in [-0.2, 0) is 24.2 Å². The molecule has 1 N–H and O–H groups in total. The second kappa shape index (κ2) is 7.93. The molecule has 4 heterocycles. The first-order valence-corrected chi connectivity index (χ1v) is 11.7. The molecule has 1 amide bonds. The minimum atomic E-state index is -0.368. The number of carbonyl (C=O) groups is 1. The first-order chi connectivity index (χ1) is 16.2. The van der Waals surface area contributed by atoms with Crippen molar-refractivity contribution in [2.45, 2.75) is 32.2 Å². The third-order valence-electron chi connectivity index (χ3n) is 5.94. The number of hydrogen-bond donors (Lipinski definition) is 1. The Morgan fingerprint density at radius 2 is 1.85 bits per heavy atom. The molecule has 0 spiro atoms. The Morgan fingerprint density at radius 3 is 2.67 bits per heavy atom. The minimum absolute atomic E-state index is 0.0932. The van der Waals surface area contributed by atoms with E-state index in [1.807, 2.05) is 42.5 Å². The number of nitrogens with zero attached hydrogens (tertiary/aromatic N) is 5. The van der Waals surface area contributed by atoms with E-state index in [9.17, 15) is 9.59 Å². The Bertz CT molecular complexity index is 1550. The van der Waals surface area contributed by atoms with Crippen molar-refractivity contribution in [1.29, 1.82) is 0 Å². The van der Waals surface area contributed by atoms with Gasteiger partial charge < -0.3 is 5.32 Å². The van der Waals surface area contributed by atoms with Crippen LogP contribution in [0.2, 0.25) is 0 Å². The molecule has 5 aromatic rings. The summed E-state index contributed by atoms with van der Waals surface area (Å²) in [6, 6.07) is 12.9. The van der Waals surface area contributed by atoms with Gasteiger partial charge in [-0.1, -0.05) is 18.2 Å². The van der Waals surface area contributed by atoms with Crippen LogP contribution >= 0.6 is 11.3 Å². The number of fused-ring (bicyclic) bond motifs is 5. The molecule has 0 unspecified atom stereocenters. The van der Waals surface area contributed by atoms with Crippen LogP contribution in [0.5, 0.6) is 0 Å². The molecule has 6 rings (SSSR count). The molecule has 9 heteroatoms. The Balaban J connectivity index is 1.53. The maximum absolute atomic E-state index is 13.5. The van der Waals surface area contributed by atoms with Crippen LogP contribution in [0.4, 0.5) is 5.69 Å². The van der Waals surface area contributed by atoms with Crippen molar-refractivity contribution in [3.05, 3.63) is 75.8 Å². The summed E-state index contributed by atoms with van der Waals surface area (Å²) in [5, 5.41) is 8.35. The number of para-hydroxylation sites is 1. The van der Waals surface area contributed by atoms with E-state index in [0.717, 1.165) is 41.5 Å². The van der Waals surface area contributed by atoms with E-state index in [0.29, 0.717) is 17.2 Å². The second-order valence-electron chi connectivity index (χ2n) is 8.08. The maximum Gasteiger partial charge on any atom is 0.352 e. The average molecular weight is 457 g/mol. The van der Waals surface area contributed by atoms with Crippen molar-refractivity contribution in [1.82, 2.24) is 24.1 Å². The highest BCUT2D eigenvalue weighted by molar-refractivity contribution is 7.19. The SMILES string of the molecule is O=C(Cn1c(=O)n2nc(-c3ccncc3)nc2c2c3c(sc21)CCCC3)Nc1ccccc1. The monoisotopic (exact) mass is 456 g/mol. The summed E-state index contributed by atoms with van der Waals surface area (Å²) >= 11 is 1.60. The van der Waals surface area contributed by atoms with E-state index in [1.165, 1.54) is 19.5 Å². The largest absolute Gasteiger partial charge is 0.352 e. The molecule has 0 saturated heterocycles. The summed E-state index contributed by atoms with van der Waals surface area (Å²) < 4.78 is 2.88. The zero-order chi connectivity index (χ0) is 22.4. The molecule has 0 aliphatic heterocycles. The van der Waals surface area contributed by atoms with Gasteiger partial charge >= 0.3 is 5.69 Å². The normalized spacial score (nSPS) is 13.3. The van der Waals surface area contributed by atoms with Crippen molar-refractivity contribution in [3.63, 3.8) is 0 Å². The molecule has 8 nitrogen and oxygen atoms in total. The Labute approximate surface area is 192 Å². The summed E-state index contributed by atoms with van der Waals surface area (Å²) in [6.07, 6.45) is 7.51. The van der Waals surface area contributed by atoms with E-state index in [1.54, 1.807) is 23.7 Å². The second-order valence-corrected chi connectivity index (χ2v) is 9.16. The smallest absolute Gasteiger partial charge is 0.325 e. The van der Waals surface area contributed by atoms with Crippen molar-refractivity contribution in [2.24, 2.45) is 0 Å². The number of pyridine rings is 1. The predicted molar refractivity (Wildman–Crippen MR) is 128 cm³/mol. The maximum atomic E-state index is 13.5. The number of aryl methyl sites for hydroxylation is 2. The number of amides is 1. The van der Waals surface area contributed by atoms with Gasteiger partial charge in [0.2, 0.25) is 5.91 Å². The molecule has 1 aliphatic rings. The molecule has 0 fully saturated rings. The highest BCUT2D eigenvalue weighted by atomic mass is 32.1. The van der Waals surface area contributed by atoms with E-state index in [-0.39, 0.29) is 18.1 Å². The topological polar surface area (TPSA) is 94.2 Å². The zero-order valence-corrected chi connectivity index (χ0v) is 18.5. The number of aromatic nitrogens is 5. The molecular weight excluding hydrogens is 436 g/mol. The lowest BCUT2D eigenvalue weighted by molar-refractivity contribution is -0.116. The van der Waals surface area contributed by atoms with E-state index >= 15 is 0 Å². The lowest BCUT2D eigenvalue weighted by Gasteiger charge is -2.11. The lowest BCUT2D eigenvalue weighted by atomic mass is 9.97. The van der Waals surface area contributed by atoms with Crippen LogP contribution in [0.3, 0.4) is 0 Å². The number of benzene rings is 1. The lowest BCUT2D eigenvalue weighted by Crippen LogP contribution is -2.32. The zero-order valence-electron chi connectivity index (χ0n) is 17.7. The van der Waals surface area contributed by atoms with Gasteiger partial charge in [-0.3, -0.25) is 14.3 Å². The van der Waals surface area contributed by atoms with Crippen molar-refractivity contribution in [3.8, 4) is 11.4 Å². The number of rotatable bonds is 4. The summed E-state index contributed by atoms with van der Waals surface area (Å²) in [4.78, 5) is 37.3. The summed E-state index contributed by atoms with van der Waals surface area (Å²) in [5.41, 5.74) is 2.91. The molecule has 0 atom stereocenters. The molecule has 4 aromatic heterocycles. The fourth-order valence-electron chi connectivity index (χ4n) is 4.41. The Hall–Kier alpha value is -3.85. The fraction of sp³-hybridized carbons (Fsp3) is 0.208. The quantitative estimate of drug-likeness (QED) is 0.445. The third-order valence-corrected chi connectivity index (χ3v) is 7.25. The predicted octanol–water partition coefficient (Wildman–Crippen LogP) is 3.69. The van der Waals surface area contributed by atoms with Gasteiger partial charge in [0.15, 0.2) is 11.5 Å². The average Bonchev–Trinajstić information content (AvgIpc) is 3.45. The number of carbonyl (C=O) groups excluding carboxylic acids is 1. The van der Waals surface area contributed by atoms with Gasteiger partial charge in [0.05, 0.1) is 5.39 Å². The molecule has 0 radical (unpaired) electrons. The highest BCUT2D eigenvalue weighted by Crippen LogP contribution is 2.37. The molecule has 0 bridgehead atoms. The van der Waals surface area contributed by atoms with Gasteiger partial charge in [0.1, 0.15) is 11.4 Å². The third kappa shape index (κ3) is 3.41. The summed E-state index contributed by atoms with van der Waals surface area (Å²) in [5.74, 6) is 0.211. The summed E-state index contributed by atoms with van der Waals surface area (Å²) in [6.45, 7) is -0.0932. The molecule has 1 aliphatic carbocycles. The van der Waals surface area contributed by atoms with Gasteiger partial charge in [-0.2, -0.15) is 4.52 Å². The summed E-state index contributed by atoms with van der Waals surface area (Å²) in [7, 11) is 0. The number of nitrogens with one attached hydrogen (secondary N) is 1. The number of thiophene rings is 1. The highest BCUT2D eigenvalue weighted by Gasteiger charge is 2.25. The molecule has 1 aromatic carbocycles. The van der Waals surface area contributed by atoms with Gasteiger partial charge in [0.25, 0.3) is 0 Å². The van der Waals surface area contributed by atoms with Crippen molar-refractivity contribution >= 4 is 38.8 Å². The van der Waals surface area contributed by atoms with Crippen LogP contribution in [0.15, 0.2) is 59.7 Å². The minimum Gasteiger partial charge on any atom is -0.325 e. The van der Waals surface area contributed by atoms with Crippen LogP contribution in [0.25, 0.3) is 27.3 Å². The van der Waals surface area contributed by atoms with Gasteiger partial charge in [-0.05, 0) is 55.5 Å². The standard InChI is InChI=1S/C24H20N6O2S/c31-19(26-16-6-2-1-3-7-16)14-29-23-20(17-8-4-5-9-18(17)33-23)22-27-21(28-30(22)24(29)32)15-10-12-25-13-11-15/h1-3,6-7,10-13H,4-5,8-9,14H2,(H,26,31). The molecule has 164 valence electrons. The Kier molecular flexibility index (Phi) is 4.76. The first-order valence-electron chi connectivity index (χ1n) is 10.9. The molecular formula is C24H20N6O2S. The van der Waals surface area contributed by atoms with Gasteiger partial charge in [-0.15, -0.1) is 16.4 Å². The van der Waals surface area contributed by atoms with E-state index in [4.69, 9.17) is 4.98 Å². The van der Waals surface area contributed by atoms with E-state index < -0.39 is 0 Å². The van der Waals surface area contributed by atoms with Crippen molar-refractivity contribution in [2.75, 3.05) is 5.32 Å². The van der Waals surface area contributed by atoms with Crippen LogP contribution in [0.1, 0.15) is 23.3 Å². The first kappa shape index (κ1) is 19.8. The van der Waals surface area contributed by atoms with Gasteiger partial charge in [0, 0.05) is 28.5 Å². The van der Waals surface area contributed by atoms with Crippen LogP contribution in [0, 0.1) is 0 Å². The van der Waals surface area contributed by atoms with Gasteiger partial charge in [-0.25, -0.2) is 9.78 Å². The Morgan fingerprint density at radius 1 is 1.06 bits per heavy atom.